The molecule has 5 nitrogen and oxygen atoms in total. The fraction of sp³-hybridized carbons (Fsp3) is 0.214. The van der Waals surface area contributed by atoms with Gasteiger partial charge in [-0.3, -0.25) is 0 Å². The van der Waals surface area contributed by atoms with Crippen LogP contribution < -0.4 is 4.90 Å². The maximum absolute atomic E-state index is 10.9. The lowest BCUT2D eigenvalue weighted by atomic mass is 10.2. The van der Waals surface area contributed by atoms with E-state index in [1.807, 2.05) is 11.9 Å². The molecule has 100 valence electrons. The van der Waals surface area contributed by atoms with Gasteiger partial charge in [0.1, 0.15) is 11.5 Å². The van der Waals surface area contributed by atoms with Crippen molar-refractivity contribution in [3.05, 3.63) is 47.4 Å². The molecule has 0 unspecified atom stereocenters. The summed E-state index contributed by atoms with van der Waals surface area (Å²) in [5, 5.41) is 18.2. The van der Waals surface area contributed by atoms with E-state index in [0.717, 1.165) is 5.69 Å². The third-order valence-corrected chi connectivity index (χ3v) is 2.85. The van der Waals surface area contributed by atoms with Crippen molar-refractivity contribution in [2.24, 2.45) is 0 Å². The molecule has 0 aliphatic carbocycles. The van der Waals surface area contributed by atoms with E-state index in [4.69, 9.17) is 9.52 Å². The lowest BCUT2D eigenvalue weighted by Gasteiger charge is -2.17. The molecule has 2 aromatic rings. The number of rotatable bonds is 4. The number of anilines is 1. The summed E-state index contributed by atoms with van der Waals surface area (Å²) in [5.74, 6) is -0.283. The van der Waals surface area contributed by atoms with E-state index in [1.54, 1.807) is 37.3 Å². The minimum Gasteiger partial charge on any atom is -0.508 e. The van der Waals surface area contributed by atoms with E-state index >= 15 is 0 Å². The first-order chi connectivity index (χ1) is 8.97. The number of carbonyl (C=O) groups is 1. The Labute approximate surface area is 110 Å². The van der Waals surface area contributed by atoms with E-state index < -0.39 is 5.97 Å². The van der Waals surface area contributed by atoms with Crippen LogP contribution in [0.3, 0.4) is 0 Å². The SMILES string of the molecule is Cc1cc(CN(C)c2ccc(O)cc2)oc1C(=O)O. The summed E-state index contributed by atoms with van der Waals surface area (Å²) in [6, 6.07) is 8.48. The van der Waals surface area contributed by atoms with Gasteiger partial charge < -0.3 is 19.5 Å². The van der Waals surface area contributed by atoms with Crippen LogP contribution in [0.5, 0.6) is 5.75 Å². The first-order valence-electron chi connectivity index (χ1n) is 5.80. The highest BCUT2D eigenvalue weighted by atomic mass is 16.4. The Morgan fingerprint density at radius 2 is 1.95 bits per heavy atom. The van der Waals surface area contributed by atoms with Gasteiger partial charge in [-0.2, -0.15) is 0 Å². The molecule has 0 fully saturated rings. The molecule has 2 rings (SSSR count). The fourth-order valence-electron chi connectivity index (χ4n) is 1.87. The molecule has 0 aliphatic rings. The van der Waals surface area contributed by atoms with E-state index in [2.05, 4.69) is 0 Å². The monoisotopic (exact) mass is 261 g/mol. The van der Waals surface area contributed by atoms with E-state index in [9.17, 15) is 9.90 Å². The third-order valence-electron chi connectivity index (χ3n) is 2.85. The van der Waals surface area contributed by atoms with Gasteiger partial charge in [-0.25, -0.2) is 4.79 Å². The number of phenolic OH excluding ortho intramolecular Hbond substituents is 1. The van der Waals surface area contributed by atoms with Crippen LogP contribution in [0.1, 0.15) is 21.9 Å². The lowest BCUT2D eigenvalue weighted by Crippen LogP contribution is -2.15. The predicted molar refractivity (Wildman–Crippen MR) is 70.6 cm³/mol. The summed E-state index contributed by atoms with van der Waals surface area (Å²) in [4.78, 5) is 12.8. The van der Waals surface area contributed by atoms with Crippen LogP contribution >= 0.6 is 0 Å². The molecule has 0 bridgehead atoms. The molecule has 0 radical (unpaired) electrons. The van der Waals surface area contributed by atoms with Crippen molar-refractivity contribution in [1.82, 2.24) is 0 Å². The molecule has 0 amide bonds. The van der Waals surface area contributed by atoms with Crippen LogP contribution in [0.4, 0.5) is 5.69 Å². The molecular weight excluding hydrogens is 246 g/mol. The second-order valence-corrected chi connectivity index (χ2v) is 4.40. The zero-order chi connectivity index (χ0) is 14.0. The zero-order valence-electron chi connectivity index (χ0n) is 10.8. The van der Waals surface area contributed by atoms with Gasteiger partial charge in [0.05, 0.1) is 6.54 Å². The molecule has 0 spiro atoms. The Balaban J connectivity index is 2.14. The quantitative estimate of drug-likeness (QED) is 0.885. The smallest absolute Gasteiger partial charge is 0.372 e. The number of hydrogen-bond acceptors (Lipinski definition) is 4. The summed E-state index contributed by atoms with van der Waals surface area (Å²) in [7, 11) is 1.87. The maximum Gasteiger partial charge on any atom is 0.372 e. The number of benzene rings is 1. The van der Waals surface area contributed by atoms with Gasteiger partial charge in [-0.1, -0.05) is 0 Å². The normalized spacial score (nSPS) is 10.4. The summed E-state index contributed by atoms with van der Waals surface area (Å²) < 4.78 is 5.30. The Bertz CT molecular complexity index is 586. The number of carboxylic acid groups (broad SMARTS) is 1. The second kappa shape index (κ2) is 5.06. The van der Waals surface area contributed by atoms with Crippen LogP contribution in [0.25, 0.3) is 0 Å². The fourth-order valence-corrected chi connectivity index (χ4v) is 1.87. The van der Waals surface area contributed by atoms with Crippen molar-refractivity contribution >= 4 is 11.7 Å². The maximum atomic E-state index is 10.9. The van der Waals surface area contributed by atoms with E-state index in [0.29, 0.717) is 17.9 Å². The average Bonchev–Trinajstić information content (AvgIpc) is 2.71. The Morgan fingerprint density at radius 1 is 1.32 bits per heavy atom. The van der Waals surface area contributed by atoms with Gasteiger partial charge in [0.25, 0.3) is 0 Å². The largest absolute Gasteiger partial charge is 0.508 e. The molecule has 0 aliphatic heterocycles. The van der Waals surface area contributed by atoms with Crippen LogP contribution in [0.15, 0.2) is 34.7 Å². The van der Waals surface area contributed by atoms with Crippen molar-refractivity contribution in [2.75, 3.05) is 11.9 Å². The van der Waals surface area contributed by atoms with Gasteiger partial charge in [-0.05, 0) is 37.3 Å². The van der Waals surface area contributed by atoms with Crippen molar-refractivity contribution in [2.45, 2.75) is 13.5 Å². The first kappa shape index (κ1) is 13.0. The van der Waals surface area contributed by atoms with Crippen molar-refractivity contribution in [3.8, 4) is 5.75 Å². The van der Waals surface area contributed by atoms with Gasteiger partial charge >= 0.3 is 5.97 Å². The van der Waals surface area contributed by atoms with Crippen molar-refractivity contribution in [1.29, 1.82) is 0 Å². The Morgan fingerprint density at radius 3 is 2.47 bits per heavy atom. The average molecular weight is 261 g/mol. The molecule has 5 heteroatoms. The molecule has 19 heavy (non-hydrogen) atoms. The van der Waals surface area contributed by atoms with Gasteiger partial charge in [0.15, 0.2) is 0 Å². The zero-order valence-corrected chi connectivity index (χ0v) is 10.8. The molecule has 0 saturated heterocycles. The highest BCUT2D eigenvalue weighted by Crippen LogP contribution is 2.21. The predicted octanol–water partition coefficient (Wildman–Crippen LogP) is 2.63. The molecule has 0 saturated carbocycles. The Hall–Kier alpha value is -2.43. The van der Waals surface area contributed by atoms with E-state index in [-0.39, 0.29) is 11.5 Å². The summed E-state index contributed by atoms with van der Waals surface area (Å²) in [6.45, 7) is 2.16. The highest BCUT2D eigenvalue weighted by molar-refractivity contribution is 5.86. The number of aromatic hydroxyl groups is 1. The summed E-state index contributed by atoms with van der Waals surface area (Å²) in [5.41, 5.74) is 1.52. The molecule has 1 heterocycles. The van der Waals surface area contributed by atoms with Gasteiger partial charge in [0.2, 0.25) is 5.76 Å². The second-order valence-electron chi connectivity index (χ2n) is 4.40. The van der Waals surface area contributed by atoms with Crippen LogP contribution in [0, 0.1) is 6.92 Å². The third kappa shape index (κ3) is 2.88. The van der Waals surface area contributed by atoms with Crippen molar-refractivity contribution in [3.63, 3.8) is 0 Å². The number of aryl methyl sites for hydroxylation is 1. The summed E-state index contributed by atoms with van der Waals surface area (Å²) >= 11 is 0. The van der Waals surface area contributed by atoms with Crippen molar-refractivity contribution < 1.29 is 19.4 Å². The van der Waals surface area contributed by atoms with Crippen LogP contribution in [-0.4, -0.2) is 23.2 Å². The van der Waals surface area contributed by atoms with Crippen LogP contribution in [-0.2, 0) is 6.54 Å². The number of phenols is 1. The first-order valence-corrected chi connectivity index (χ1v) is 5.80. The standard InChI is InChI=1S/C14H15NO4/c1-9-7-12(19-13(9)14(17)18)8-15(2)10-3-5-11(16)6-4-10/h3-7,16H,8H2,1-2H3,(H,17,18). The number of nitrogens with zero attached hydrogens (tertiary/aromatic N) is 1. The number of hydrogen-bond donors (Lipinski definition) is 2. The molecule has 2 N–H and O–H groups in total. The van der Waals surface area contributed by atoms with Crippen LogP contribution in [0.2, 0.25) is 0 Å². The number of carboxylic acids is 1. The van der Waals surface area contributed by atoms with Gasteiger partial charge in [-0.15, -0.1) is 0 Å². The molecule has 1 aromatic carbocycles. The Kier molecular flexibility index (Phi) is 3.46. The number of aromatic carboxylic acids is 1. The minimum absolute atomic E-state index is 0.0193. The molecular formula is C14H15NO4. The van der Waals surface area contributed by atoms with E-state index in [1.165, 1.54) is 0 Å². The lowest BCUT2D eigenvalue weighted by molar-refractivity contribution is 0.0659. The highest BCUT2D eigenvalue weighted by Gasteiger charge is 2.15. The van der Waals surface area contributed by atoms with Gasteiger partial charge in [0, 0.05) is 18.3 Å². The summed E-state index contributed by atoms with van der Waals surface area (Å²) in [6.07, 6.45) is 0. The molecule has 1 aromatic heterocycles. The minimum atomic E-state index is -1.06. The topological polar surface area (TPSA) is 73.9 Å². The molecule has 0 atom stereocenters. The number of furan rings is 1.